The van der Waals surface area contributed by atoms with Gasteiger partial charge in [0.05, 0.1) is 19.1 Å². The van der Waals surface area contributed by atoms with Crippen molar-refractivity contribution in [3.05, 3.63) is 34.6 Å². The normalized spacial score (nSPS) is 26.0. The first-order valence-electron chi connectivity index (χ1n) is 16.5. The van der Waals surface area contributed by atoms with E-state index in [1.54, 1.807) is 25.9 Å². The zero-order valence-corrected chi connectivity index (χ0v) is 27.3. The fourth-order valence-corrected chi connectivity index (χ4v) is 7.90. The highest BCUT2D eigenvalue weighted by Gasteiger charge is 2.55. The van der Waals surface area contributed by atoms with E-state index in [1.165, 1.54) is 0 Å². The van der Waals surface area contributed by atoms with E-state index in [0.29, 0.717) is 43.5 Å². The van der Waals surface area contributed by atoms with E-state index in [0.717, 1.165) is 61.5 Å². The minimum Gasteiger partial charge on any atom is -0.497 e. The van der Waals surface area contributed by atoms with Gasteiger partial charge < -0.3 is 34.1 Å². The number of methoxy groups -OCH3 is 1. The number of benzene rings is 1. The van der Waals surface area contributed by atoms with E-state index < -0.39 is 23.3 Å². The SMILES string of the molecule is COC1=C2CCN3CCc4cc5c(cc4[C@H]([C@@H]1OC(=O)[C@@](O)(CCCC(C)(C)O)CC(=O)N1CCN(C(C)C)CC1)[C@@H]23)OCO5. The molecule has 11 heteroatoms. The third-order valence-electron chi connectivity index (χ3n) is 10.4. The molecule has 1 aromatic carbocycles. The van der Waals surface area contributed by atoms with Crippen LogP contribution in [-0.4, -0.2) is 119 Å². The Morgan fingerprint density at radius 2 is 1.69 bits per heavy atom. The van der Waals surface area contributed by atoms with E-state index in [-0.39, 0.29) is 37.5 Å². The number of aliphatic hydroxyl groups is 2. The molecule has 0 saturated carbocycles. The Balaban J connectivity index is 1.28. The Labute approximate surface area is 266 Å². The van der Waals surface area contributed by atoms with E-state index in [9.17, 15) is 19.8 Å². The summed E-state index contributed by atoms with van der Waals surface area (Å²) in [7, 11) is 1.60. The molecule has 45 heavy (non-hydrogen) atoms. The van der Waals surface area contributed by atoms with Crippen LogP contribution in [0.3, 0.4) is 0 Å². The number of hydrogen-bond acceptors (Lipinski definition) is 10. The van der Waals surface area contributed by atoms with Gasteiger partial charge in [-0.2, -0.15) is 0 Å². The van der Waals surface area contributed by atoms with Crippen LogP contribution in [-0.2, 0) is 25.5 Å². The smallest absolute Gasteiger partial charge is 0.339 e. The standard InChI is InChI=1S/C34H49N3O8/c1-21(2)35-13-15-36(16-14-35)27(38)19-34(41,10-6-9-33(3,4)40)32(39)45-31-28-24-18-26-25(43-20-44-26)17-22(24)7-11-37-12-8-23(29(28)37)30(31)42-5/h17-18,21,28-29,31,40-41H,6-16,19-20H2,1-5H3/t28-,29+,31-,34+/m0/s1. The second kappa shape index (κ2) is 12.4. The summed E-state index contributed by atoms with van der Waals surface area (Å²) in [6, 6.07) is 4.43. The molecule has 1 aromatic rings. The number of nitrogens with zero attached hydrogens (tertiary/aromatic N) is 3. The van der Waals surface area contributed by atoms with E-state index in [4.69, 9.17) is 18.9 Å². The Morgan fingerprint density at radius 1 is 1.00 bits per heavy atom. The maximum atomic E-state index is 14.2. The average Bonchev–Trinajstić information content (AvgIpc) is 3.66. The molecule has 4 aliphatic heterocycles. The van der Waals surface area contributed by atoms with Gasteiger partial charge in [0.15, 0.2) is 23.2 Å². The number of hydrogen-bond donors (Lipinski definition) is 2. The summed E-state index contributed by atoms with van der Waals surface area (Å²) in [6.07, 6.45) is 1.20. The van der Waals surface area contributed by atoms with Crippen LogP contribution in [0.15, 0.2) is 23.5 Å². The molecule has 0 unspecified atom stereocenters. The molecule has 4 atom stereocenters. The molecule has 6 rings (SSSR count). The molecule has 4 heterocycles. The third-order valence-corrected chi connectivity index (χ3v) is 10.4. The molecule has 248 valence electrons. The largest absolute Gasteiger partial charge is 0.497 e. The van der Waals surface area contributed by atoms with Gasteiger partial charge in [-0.05, 0) is 88.6 Å². The van der Waals surface area contributed by atoms with Crippen molar-refractivity contribution in [3.63, 3.8) is 0 Å². The lowest BCUT2D eigenvalue weighted by molar-refractivity contribution is -0.176. The minimum absolute atomic E-state index is 0.00142. The summed E-state index contributed by atoms with van der Waals surface area (Å²) in [5.74, 6) is 0.662. The van der Waals surface area contributed by atoms with Crippen LogP contribution in [0.1, 0.15) is 76.8 Å². The van der Waals surface area contributed by atoms with Crippen molar-refractivity contribution >= 4 is 11.9 Å². The molecule has 11 nitrogen and oxygen atoms in total. The Kier molecular flexibility index (Phi) is 8.84. The van der Waals surface area contributed by atoms with Crippen molar-refractivity contribution in [2.75, 3.05) is 53.2 Å². The topological polar surface area (TPSA) is 121 Å². The lowest BCUT2D eigenvalue weighted by Crippen LogP contribution is -2.53. The van der Waals surface area contributed by atoms with Gasteiger partial charge in [-0.25, -0.2) is 4.79 Å². The van der Waals surface area contributed by atoms with E-state index in [2.05, 4.69) is 23.6 Å². The Hall–Kier alpha value is -2.86. The van der Waals surface area contributed by atoms with Crippen molar-refractivity contribution < 1.29 is 38.7 Å². The fourth-order valence-electron chi connectivity index (χ4n) is 7.90. The van der Waals surface area contributed by atoms with Crippen LogP contribution >= 0.6 is 0 Å². The number of carbonyl (C=O) groups excluding carboxylic acids is 2. The van der Waals surface area contributed by atoms with Crippen LogP contribution in [0.2, 0.25) is 0 Å². The molecule has 0 radical (unpaired) electrons. The van der Waals surface area contributed by atoms with Crippen molar-refractivity contribution in [1.82, 2.24) is 14.7 Å². The van der Waals surface area contributed by atoms with Crippen LogP contribution in [0.4, 0.5) is 0 Å². The van der Waals surface area contributed by atoms with Crippen LogP contribution in [0.25, 0.3) is 0 Å². The molecule has 0 bridgehead atoms. The molecule has 1 amide bonds. The lowest BCUT2D eigenvalue weighted by atomic mass is 9.86. The van der Waals surface area contributed by atoms with Gasteiger partial charge >= 0.3 is 5.97 Å². The van der Waals surface area contributed by atoms with Gasteiger partial charge in [-0.1, -0.05) is 0 Å². The second-order valence-electron chi connectivity index (χ2n) is 14.2. The average molecular weight is 628 g/mol. The number of carbonyl (C=O) groups is 2. The zero-order chi connectivity index (χ0) is 32.1. The molecular formula is C34H49N3O8. The first-order valence-corrected chi connectivity index (χ1v) is 16.5. The molecule has 1 aliphatic carbocycles. The Morgan fingerprint density at radius 3 is 2.36 bits per heavy atom. The summed E-state index contributed by atoms with van der Waals surface area (Å²) in [6.45, 7) is 12.1. The second-order valence-corrected chi connectivity index (χ2v) is 14.2. The van der Waals surface area contributed by atoms with Crippen molar-refractivity contribution in [1.29, 1.82) is 0 Å². The van der Waals surface area contributed by atoms with Crippen molar-refractivity contribution in [3.8, 4) is 11.5 Å². The predicted molar refractivity (Wildman–Crippen MR) is 166 cm³/mol. The van der Waals surface area contributed by atoms with Gasteiger partial charge in [0.25, 0.3) is 0 Å². The maximum Gasteiger partial charge on any atom is 0.339 e. The lowest BCUT2D eigenvalue weighted by Gasteiger charge is -2.38. The molecule has 0 aromatic heterocycles. The first kappa shape index (κ1) is 32.1. The third kappa shape index (κ3) is 6.28. The summed E-state index contributed by atoms with van der Waals surface area (Å²) >= 11 is 0. The number of esters is 1. The quantitative estimate of drug-likeness (QED) is 0.375. The van der Waals surface area contributed by atoms with E-state index in [1.807, 2.05) is 12.1 Å². The van der Waals surface area contributed by atoms with Crippen LogP contribution < -0.4 is 9.47 Å². The molecule has 2 fully saturated rings. The summed E-state index contributed by atoms with van der Waals surface area (Å²) in [5.41, 5.74) is 0.239. The van der Waals surface area contributed by atoms with Gasteiger partial charge in [-0.15, -0.1) is 0 Å². The molecule has 2 saturated heterocycles. The number of ether oxygens (including phenoxy) is 4. The summed E-state index contributed by atoms with van der Waals surface area (Å²) in [5, 5.41) is 22.4. The highest BCUT2D eigenvalue weighted by molar-refractivity contribution is 5.88. The number of piperazine rings is 1. The fraction of sp³-hybridized carbons (Fsp3) is 0.706. The van der Waals surface area contributed by atoms with Gasteiger partial charge in [0, 0.05) is 57.3 Å². The maximum absolute atomic E-state index is 14.2. The van der Waals surface area contributed by atoms with Gasteiger partial charge in [0.2, 0.25) is 12.7 Å². The van der Waals surface area contributed by atoms with Gasteiger partial charge in [-0.3, -0.25) is 14.6 Å². The highest BCUT2D eigenvalue weighted by atomic mass is 16.7. The predicted octanol–water partition coefficient (Wildman–Crippen LogP) is 2.57. The summed E-state index contributed by atoms with van der Waals surface area (Å²) in [4.78, 5) is 34.3. The molecular weight excluding hydrogens is 578 g/mol. The van der Waals surface area contributed by atoms with Crippen molar-refractivity contribution in [2.24, 2.45) is 0 Å². The monoisotopic (exact) mass is 627 g/mol. The number of rotatable bonds is 10. The Bertz CT molecular complexity index is 1330. The van der Waals surface area contributed by atoms with Crippen LogP contribution in [0.5, 0.6) is 11.5 Å². The summed E-state index contributed by atoms with van der Waals surface area (Å²) < 4.78 is 23.7. The van der Waals surface area contributed by atoms with Crippen LogP contribution in [0, 0.1) is 0 Å². The molecule has 2 N–H and O–H groups in total. The number of fused-ring (bicyclic) bond motifs is 3. The first-order chi connectivity index (χ1) is 21.4. The zero-order valence-electron chi connectivity index (χ0n) is 27.3. The number of amides is 1. The minimum atomic E-state index is -2.05. The highest BCUT2D eigenvalue weighted by Crippen LogP contribution is 2.52. The van der Waals surface area contributed by atoms with E-state index >= 15 is 0 Å². The van der Waals surface area contributed by atoms with Gasteiger partial charge in [0.1, 0.15) is 5.76 Å². The van der Waals surface area contributed by atoms with Crippen molar-refractivity contribution in [2.45, 2.75) is 102 Å². The molecule has 0 spiro atoms. The molecule has 5 aliphatic rings.